The fourth-order valence-corrected chi connectivity index (χ4v) is 2.24. The number of benzene rings is 1. The molecule has 0 saturated carbocycles. The average molecular weight is 375 g/mol. The summed E-state index contributed by atoms with van der Waals surface area (Å²) in [7, 11) is 0. The Bertz CT molecular complexity index is 655. The standard InChI is InChI=1S/C16H20ClFN2O5/c1-9(16(23)24)20(7-6-19-11(3)21)15(22)10(2)25-14-5-4-12(18)8-13(14)17/h4-5,8-10H,6-7H2,1-3H3,(H,19,21)(H,23,24). The summed E-state index contributed by atoms with van der Waals surface area (Å²) in [6, 6.07) is 2.34. The Balaban J connectivity index is 2.86. The molecule has 2 atom stereocenters. The Morgan fingerprint density at radius 3 is 2.52 bits per heavy atom. The minimum atomic E-state index is -1.19. The second-order valence-electron chi connectivity index (χ2n) is 5.36. The summed E-state index contributed by atoms with van der Waals surface area (Å²) in [5, 5.41) is 11.7. The van der Waals surface area contributed by atoms with Crippen molar-refractivity contribution in [1.29, 1.82) is 0 Å². The minimum absolute atomic E-state index is 0.00324. The smallest absolute Gasteiger partial charge is 0.326 e. The third-order valence-corrected chi connectivity index (χ3v) is 3.68. The van der Waals surface area contributed by atoms with Gasteiger partial charge in [0.15, 0.2) is 6.10 Å². The number of carboxylic acid groups (broad SMARTS) is 1. The van der Waals surface area contributed by atoms with Gasteiger partial charge in [0.2, 0.25) is 5.91 Å². The van der Waals surface area contributed by atoms with Crippen molar-refractivity contribution in [3.8, 4) is 5.75 Å². The molecule has 0 bridgehead atoms. The van der Waals surface area contributed by atoms with Gasteiger partial charge in [-0.2, -0.15) is 0 Å². The van der Waals surface area contributed by atoms with Crippen molar-refractivity contribution in [2.45, 2.75) is 32.9 Å². The summed E-state index contributed by atoms with van der Waals surface area (Å²) in [4.78, 5) is 35.8. The van der Waals surface area contributed by atoms with Crippen molar-refractivity contribution in [2.24, 2.45) is 0 Å². The lowest BCUT2D eigenvalue weighted by Crippen LogP contribution is -2.51. The van der Waals surface area contributed by atoms with E-state index < -0.39 is 29.8 Å². The molecule has 0 aliphatic heterocycles. The molecule has 0 aliphatic rings. The zero-order valence-corrected chi connectivity index (χ0v) is 14.8. The van der Waals surface area contributed by atoms with Crippen LogP contribution in [-0.4, -0.2) is 53.0 Å². The minimum Gasteiger partial charge on any atom is -0.480 e. The van der Waals surface area contributed by atoms with Gasteiger partial charge < -0.3 is 20.1 Å². The van der Waals surface area contributed by atoms with Crippen molar-refractivity contribution >= 4 is 29.4 Å². The molecule has 0 aliphatic carbocycles. The van der Waals surface area contributed by atoms with Crippen molar-refractivity contribution in [3.05, 3.63) is 29.0 Å². The first-order valence-electron chi connectivity index (χ1n) is 7.53. The van der Waals surface area contributed by atoms with Crippen LogP contribution in [0.2, 0.25) is 5.02 Å². The van der Waals surface area contributed by atoms with E-state index in [1.54, 1.807) is 0 Å². The van der Waals surface area contributed by atoms with Gasteiger partial charge >= 0.3 is 5.97 Å². The third kappa shape index (κ3) is 6.22. The first-order chi connectivity index (χ1) is 11.6. The summed E-state index contributed by atoms with van der Waals surface area (Å²) in [6.45, 7) is 4.20. The number of carbonyl (C=O) groups excluding carboxylic acids is 2. The molecule has 2 amide bonds. The number of amides is 2. The molecule has 2 N–H and O–H groups in total. The molecule has 0 saturated heterocycles. The van der Waals surface area contributed by atoms with Crippen LogP contribution in [0.25, 0.3) is 0 Å². The van der Waals surface area contributed by atoms with Crippen LogP contribution in [0.5, 0.6) is 5.75 Å². The SMILES string of the molecule is CC(=O)NCCN(C(=O)C(C)Oc1ccc(F)cc1Cl)C(C)C(=O)O. The number of hydrogen-bond acceptors (Lipinski definition) is 4. The van der Waals surface area contributed by atoms with Crippen LogP contribution in [-0.2, 0) is 14.4 Å². The molecule has 0 heterocycles. The average Bonchev–Trinajstić information content (AvgIpc) is 2.52. The zero-order chi connectivity index (χ0) is 19.1. The number of ether oxygens (including phenoxy) is 1. The largest absolute Gasteiger partial charge is 0.480 e. The van der Waals surface area contributed by atoms with Crippen LogP contribution in [0.4, 0.5) is 4.39 Å². The molecule has 7 nitrogen and oxygen atoms in total. The predicted molar refractivity (Wildman–Crippen MR) is 89.0 cm³/mol. The van der Waals surface area contributed by atoms with Gasteiger partial charge in [-0.3, -0.25) is 9.59 Å². The van der Waals surface area contributed by atoms with Crippen LogP contribution in [0, 0.1) is 5.82 Å². The third-order valence-electron chi connectivity index (χ3n) is 3.38. The molecule has 25 heavy (non-hydrogen) atoms. The summed E-state index contributed by atoms with van der Waals surface area (Å²) in [6.07, 6.45) is -1.05. The quantitative estimate of drug-likeness (QED) is 0.721. The van der Waals surface area contributed by atoms with Crippen LogP contribution in [0.3, 0.4) is 0 Å². The number of aliphatic carboxylic acids is 1. The molecule has 1 aromatic rings. The summed E-state index contributed by atoms with van der Waals surface area (Å²) < 4.78 is 18.5. The maximum absolute atomic E-state index is 13.1. The van der Waals surface area contributed by atoms with Gasteiger partial charge in [0.25, 0.3) is 5.91 Å². The van der Waals surface area contributed by atoms with E-state index in [1.165, 1.54) is 26.8 Å². The number of nitrogens with one attached hydrogen (secondary N) is 1. The normalized spacial score (nSPS) is 12.8. The van der Waals surface area contributed by atoms with Crippen LogP contribution in [0.1, 0.15) is 20.8 Å². The van der Waals surface area contributed by atoms with Crippen molar-refractivity contribution in [3.63, 3.8) is 0 Å². The Kier molecular flexibility index (Phi) is 7.63. The number of nitrogens with zero attached hydrogens (tertiary/aromatic N) is 1. The molecule has 2 unspecified atom stereocenters. The number of carbonyl (C=O) groups is 3. The fourth-order valence-electron chi connectivity index (χ4n) is 2.03. The number of rotatable bonds is 8. The highest BCUT2D eigenvalue weighted by Gasteiger charge is 2.30. The maximum Gasteiger partial charge on any atom is 0.326 e. The van der Waals surface area contributed by atoms with E-state index in [0.29, 0.717) is 0 Å². The highest BCUT2D eigenvalue weighted by molar-refractivity contribution is 6.32. The van der Waals surface area contributed by atoms with Gasteiger partial charge in [-0.25, -0.2) is 9.18 Å². The van der Waals surface area contributed by atoms with E-state index in [-0.39, 0.29) is 29.8 Å². The van der Waals surface area contributed by atoms with Gasteiger partial charge in [-0.15, -0.1) is 0 Å². The van der Waals surface area contributed by atoms with Crippen molar-refractivity contribution in [2.75, 3.05) is 13.1 Å². The van der Waals surface area contributed by atoms with Crippen LogP contribution >= 0.6 is 11.6 Å². The summed E-state index contributed by atoms with van der Waals surface area (Å²) in [5.41, 5.74) is 0. The maximum atomic E-state index is 13.1. The Labute approximate surface area is 149 Å². The zero-order valence-electron chi connectivity index (χ0n) is 14.1. The van der Waals surface area contributed by atoms with E-state index in [4.69, 9.17) is 16.3 Å². The predicted octanol–water partition coefficient (Wildman–Crippen LogP) is 1.68. The lowest BCUT2D eigenvalue weighted by atomic mass is 10.2. The van der Waals surface area contributed by atoms with E-state index in [0.717, 1.165) is 17.0 Å². The Hall–Kier alpha value is -2.35. The topological polar surface area (TPSA) is 95.9 Å². The summed E-state index contributed by atoms with van der Waals surface area (Å²) in [5.74, 6) is -2.52. The highest BCUT2D eigenvalue weighted by Crippen LogP contribution is 2.26. The lowest BCUT2D eigenvalue weighted by molar-refractivity contribution is -0.152. The van der Waals surface area contributed by atoms with E-state index in [1.807, 2.05) is 0 Å². The van der Waals surface area contributed by atoms with E-state index >= 15 is 0 Å². The van der Waals surface area contributed by atoms with Crippen molar-refractivity contribution in [1.82, 2.24) is 10.2 Å². The van der Waals surface area contributed by atoms with Gasteiger partial charge in [0.1, 0.15) is 17.6 Å². The molecule has 1 aromatic carbocycles. The van der Waals surface area contributed by atoms with Gasteiger partial charge in [0, 0.05) is 20.0 Å². The molecule has 9 heteroatoms. The van der Waals surface area contributed by atoms with Gasteiger partial charge in [-0.05, 0) is 32.0 Å². The summed E-state index contributed by atoms with van der Waals surface area (Å²) >= 11 is 5.86. The molecular weight excluding hydrogens is 355 g/mol. The Morgan fingerprint density at radius 2 is 2.00 bits per heavy atom. The highest BCUT2D eigenvalue weighted by atomic mass is 35.5. The van der Waals surface area contributed by atoms with Crippen LogP contribution < -0.4 is 10.1 Å². The fraction of sp³-hybridized carbons (Fsp3) is 0.438. The number of halogens is 2. The molecule has 0 fully saturated rings. The molecule has 138 valence electrons. The van der Waals surface area contributed by atoms with Gasteiger partial charge in [-0.1, -0.05) is 11.6 Å². The first-order valence-corrected chi connectivity index (χ1v) is 7.90. The van der Waals surface area contributed by atoms with Crippen LogP contribution in [0.15, 0.2) is 18.2 Å². The number of hydrogen-bond donors (Lipinski definition) is 2. The van der Waals surface area contributed by atoms with Crippen molar-refractivity contribution < 1.29 is 28.6 Å². The molecule has 1 rings (SSSR count). The van der Waals surface area contributed by atoms with E-state index in [9.17, 15) is 23.9 Å². The molecule has 0 radical (unpaired) electrons. The van der Waals surface area contributed by atoms with E-state index in [2.05, 4.69) is 5.32 Å². The molecule has 0 aromatic heterocycles. The monoisotopic (exact) mass is 374 g/mol. The van der Waals surface area contributed by atoms with Gasteiger partial charge in [0.05, 0.1) is 5.02 Å². The first kappa shape index (κ1) is 20.7. The second-order valence-corrected chi connectivity index (χ2v) is 5.77. The second kappa shape index (κ2) is 9.22. The molecule has 0 spiro atoms. The number of carboxylic acids is 1. The lowest BCUT2D eigenvalue weighted by Gasteiger charge is -2.29. The Morgan fingerprint density at radius 1 is 1.36 bits per heavy atom. The molecular formula is C16H20ClFN2O5.